The average Bonchev–Trinajstić information content (AvgIpc) is 3.37. The smallest absolute Gasteiger partial charge is 0.326 e. The zero-order valence-corrected chi connectivity index (χ0v) is 17.8. The van der Waals surface area contributed by atoms with Crippen molar-refractivity contribution in [3.05, 3.63) is 35.9 Å². The number of morpholine rings is 1. The molecule has 8 nitrogen and oxygen atoms in total. The minimum Gasteiger partial charge on any atom is -0.462 e. The number of benzene rings is 1. The Morgan fingerprint density at radius 3 is 2.13 bits per heavy atom. The lowest BCUT2D eigenvalue weighted by Crippen LogP contribution is -2.56. The number of fused-ring (bicyclic) bond motifs is 1. The van der Waals surface area contributed by atoms with Gasteiger partial charge in [-0.25, -0.2) is 4.90 Å². The fourth-order valence-corrected chi connectivity index (χ4v) is 4.84. The molecule has 4 aliphatic heterocycles. The topological polar surface area (TPSA) is 75.7 Å². The molecule has 0 unspecified atom stereocenters. The van der Waals surface area contributed by atoms with Crippen molar-refractivity contribution in [3.63, 3.8) is 0 Å². The summed E-state index contributed by atoms with van der Waals surface area (Å²) in [5.41, 5.74) is 1.06. The Hall–Kier alpha value is -1.55. The van der Waals surface area contributed by atoms with Crippen LogP contribution < -0.4 is 0 Å². The van der Waals surface area contributed by atoms with Gasteiger partial charge in [-0.3, -0.25) is 4.79 Å². The maximum atomic E-state index is 13.0. The molecule has 0 radical (unpaired) electrons. The summed E-state index contributed by atoms with van der Waals surface area (Å²) >= 11 is 0. The fourth-order valence-electron chi connectivity index (χ4n) is 4.84. The molecular weight excluding hydrogens is 390 g/mol. The lowest BCUT2D eigenvalue weighted by Gasteiger charge is -2.40. The molecule has 0 bridgehead atoms. The Balaban J connectivity index is 1.50. The number of carbonyl (C=O) groups excluding carboxylic acids is 1. The Labute approximate surface area is 176 Å². The first-order valence-electron chi connectivity index (χ1n) is 10.5. The molecule has 0 spiro atoms. The van der Waals surface area contributed by atoms with E-state index < -0.39 is 29.9 Å². The zero-order chi connectivity index (χ0) is 21.1. The van der Waals surface area contributed by atoms with E-state index in [-0.39, 0.29) is 30.8 Å². The van der Waals surface area contributed by atoms with Crippen molar-refractivity contribution in [1.82, 2.24) is 4.90 Å². The first kappa shape index (κ1) is 20.4. The van der Waals surface area contributed by atoms with E-state index in [4.69, 9.17) is 28.4 Å². The second kappa shape index (κ2) is 7.25. The van der Waals surface area contributed by atoms with Crippen LogP contribution in [0.3, 0.4) is 0 Å². The van der Waals surface area contributed by atoms with Crippen LogP contribution in [0.15, 0.2) is 30.3 Å². The number of ether oxygens (including phenoxy) is 6. The van der Waals surface area contributed by atoms with Gasteiger partial charge in [-0.15, -0.1) is 0 Å². The summed E-state index contributed by atoms with van der Waals surface area (Å²) in [6, 6.07) is 9.27. The van der Waals surface area contributed by atoms with Crippen LogP contribution in [-0.2, 0) is 33.2 Å². The van der Waals surface area contributed by atoms with Gasteiger partial charge in [0.05, 0.1) is 19.3 Å². The Morgan fingerprint density at radius 1 is 0.900 bits per heavy atom. The molecule has 6 atom stereocenters. The third kappa shape index (κ3) is 3.55. The molecule has 30 heavy (non-hydrogen) atoms. The van der Waals surface area contributed by atoms with Crippen LogP contribution in [0.2, 0.25) is 0 Å². The first-order valence-corrected chi connectivity index (χ1v) is 10.5. The predicted octanol–water partition coefficient (Wildman–Crippen LogP) is 1.98. The van der Waals surface area contributed by atoms with Gasteiger partial charge in [0.15, 0.2) is 11.6 Å². The molecular formula is C22H29NO7. The van der Waals surface area contributed by atoms with Crippen molar-refractivity contribution >= 4 is 5.97 Å². The van der Waals surface area contributed by atoms with Crippen LogP contribution in [-0.4, -0.2) is 72.8 Å². The second-order valence-electron chi connectivity index (χ2n) is 9.17. The molecule has 4 fully saturated rings. The standard InChI is InChI=1S/C22H29NO7/c1-21(2)26-11-15(29-21)18-17-20(24)25-10-14(13-8-6-5-7-9-13)23(17)19(28-18)16-12-27-22(3,4)30-16/h5-9,14-19H,10-12H2,1-4H3/t14-,15+,16+,17+,18-,19+/m1/s1. The fraction of sp³-hybridized carbons (Fsp3) is 0.682. The van der Waals surface area contributed by atoms with Gasteiger partial charge >= 0.3 is 5.97 Å². The van der Waals surface area contributed by atoms with Gasteiger partial charge in [-0.05, 0) is 33.3 Å². The van der Waals surface area contributed by atoms with Gasteiger partial charge in [0.2, 0.25) is 0 Å². The maximum Gasteiger partial charge on any atom is 0.326 e. The number of hydrogen-bond donors (Lipinski definition) is 0. The van der Waals surface area contributed by atoms with Crippen molar-refractivity contribution in [1.29, 1.82) is 0 Å². The summed E-state index contributed by atoms with van der Waals surface area (Å²) in [6.45, 7) is 8.48. The molecule has 0 amide bonds. The number of esters is 1. The molecule has 1 aromatic carbocycles. The quantitative estimate of drug-likeness (QED) is 0.689. The van der Waals surface area contributed by atoms with E-state index in [0.29, 0.717) is 13.2 Å². The predicted molar refractivity (Wildman–Crippen MR) is 104 cm³/mol. The van der Waals surface area contributed by atoms with Gasteiger partial charge in [-0.1, -0.05) is 30.3 Å². The highest BCUT2D eigenvalue weighted by Crippen LogP contribution is 2.43. The van der Waals surface area contributed by atoms with E-state index in [1.807, 2.05) is 58.0 Å². The molecule has 4 heterocycles. The minimum absolute atomic E-state index is 0.147. The van der Waals surface area contributed by atoms with Crippen LogP contribution in [0.25, 0.3) is 0 Å². The van der Waals surface area contributed by atoms with Gasteiger partial charge in [0.1, 0.15) is 37.2 Å². The van der Waals surface area contributed by atoms with E-state index in [1.54, 1.807) is 0 Å². The Bertz CT molecular complexity index is 798. The van der Waals surface area contributed by atoms with Gasteiger partial charge in [-0.2, -0.15) is 0 Å². The highest BCUT2D eigenvalue weighted by atomic mass is 16.8. The lowest BCUT2D eigenvalue weighted by atomic mass is 9.97. The highest BCUT2D eigenvalue weighted by Gasteiger charge is 2.60. The number of carbonyl (C=O) groups is 1. The van der Waals surface area contributed by atoms with Crippen LogP contribution in [0, 0.1) is 0 Å². The van der Waals surface area contributed by atoms with Crippen molar-refractivity contribution < 1.29 is 33.2 Å². The molecule has 4 saturated heterocycles. The molecule has 0 aromatic heterocycles. The Morgan fingerprint density at radius 2 is 1.53 bits per heavy atom. The Kier molecular flexibility index (Phi) is 4.92. The summed E-state index contributed by atoms with van der Waals surface area (Å²) in [5, 5.41) is 0. The van der Waals surface area contributed by atoms with Gasteiger partial charge in [0.25, 0.3) is 0 Å². The van der Waals surface area contributed by atoms with Crippen molar-refractivity contribution in [2.45, 2.75) is 75.9 Å². The normalized spacial score (nSPS) is 40.3. The third-order valence-corrected chi connectivity index (χ3v) is 6.14. The summed E-state index contributed by atoms with van der Waals surface area (Å²) < 4.78 is 35.9. The van der Waals surface area contributed by atoms with Gasteiger partial charge < -0.3 is 28.4 Å². The number of nitrogens with zero attached hydrogens (tertiary/aromatic N) is 1. The van der Waals surface area contributed by atoms with E-state index in [0.717, 1.165) is 5.56 Å². The first-order chi connectivity index (χ1) is 14.2. The van der Waals surface area contributed by atoms with Crippen LogP contribution in [0.1, 0.15) is 39.3 Å². The van der Waals surface area contributed by atoms with E-state index in [1.165, 1.54) is 0 Å². The van der Waals surface area contributed by atoms with Crippen LogP contribution in [0.5, 0.6) is 0 Å². The van der Waals surface area contributed by atoms with E-state index in [9.17, 15) is 4.79 Å². The van der Waals surface area contributed by atoms with Crippen molar-refractivity contribution in [3.8, 4) is 0 Å². The maximum absolute atomic E-state index is 13.0. The summed E-state index contributed by atoms with van der Waals surface area (Å²) in [7, 11) is 0. The third-order valence-electron chi connectivity index (χ3n) is 6.14. The second-order valence-corrected chi connectivity index (χ2v) is 9.17. The van der Waals surface area contributed by atoms with Crippen molar-refractivity contribution in [2.24, 2.45) is 0 Å². The molecule has 1 aromatic rings. The largest absolute Gasteiger partial charge is 0.462 e. The number of hydrogen-bond acceptors (Lipinski definition) is 8. The number of rotatable bonds is 3. The SMILES string of the molecule is CC1(C)OC[C@@H]([C@H]2O[C@@H]([C@@H]3COC(C)(C)O3)N3[C@@H](c4ccccc4)COC(=O)[C@H]23)O1. The summed E-state index contributed by atoms with van der Waals surface area (Å²) in [6.07, 6.45) is -1.70. The highest BCUT2D eigenvalue weighted by molar-refractivity contribution is 5.78. The van der Waals surface area contributed by atoms with Crippen LogP contribution in [0.4, 0.5) is 0 Å². The summed E-state index contributed by atoms with van der Waals surface area (Å²) in [4.78, 5) is 15.0. The summed E-state index contributed by atoms with van der Waals surface area (Å²) in [5.74, 6) is -1.72. The molecule has 0 aliphatic carbocycles. The minimum atomic E-state index is -0.719. The molecule has 0 N–H and O–H groups in total. The van der Waals surface area contributed by atoms with Crippen molar-refractivity contribution in [2.75, 3.05) is 19.8 Å². The molecule has 5 rings (SSSR count). The van der Waals surface area contributed by atoms with Gasteiger partial charge in [0, 0.05) is 0 Å². The van der Waals surface area contributed by atoms with E-state index >= 15 is 0 Å². The van der Waals surface area contributed by atoms with E-state index in [2.05, 4.69) is 4.90 Å². The lowest BCUT2D eigenvalue weighted by molar-refractivity contribution is -0.183. The average molecular weight is 419 g/mol. The molecule has 4 aliphatic rings. The molecule has 164 valence electrons. The molecule has 8 heteroatoms. The molecule has 0 saturated carbocycles. The zero-order valence-electron chi connectivity index (χ0n) is 17.8. The monoisotopic (exact) mass is 419 g/mol. The van der Waals surface area contributed by atoms with Crippen LogP contribution >= 0.6 is 0 Å². The number of cyclic esters (lactones) is 1.